The van der Waals surface area contributed by atoms with E-state index < -0.39 is 29.9 Å². The van der Waals surface area contributed by atoms with Crippen LogP contribution in [0.4, 0.5) is 0 Å². The van der Waals surface area contributed by atoms with Gasteiger partial charge in [0.15, 0.2) is 0 Å². The molecule has 0 radical (unpaired) electrons. The smallest absolute Gasteiger partial charge is 0.132 e. The van der Waals surface area contributed by atoms with E-state index in [1.807, 2.05) is 6.92 Å². The molecule has 0 aromatic heterocycles. The SMILES string of the molecule is CCS[C@@H]1O[C@H](CO)[C@H](O)[C@H](O)[C@@H]1O. The van der Waals surface area contributed by atoms with Gasteiger partial charge in [0, 0.05) is 0 Å². The van der Waals surface area contributed by atoms with E-state index in [4.69, 9.17) is 9.84 Å². The van der Waals surface area contributed by atoms with Crippen LogP contribution < -0.4 is 0 Å². The Morgan fingerprint density at radius 1 is 1.14 bits per heavy atom. The maximum atomic E-state index is 9.51. The van der Waals surface area contributed by atoms with Gasteiger partial charge >= 0.3 is 0 Å². The van der Waals surface area contributed by atoms with E-state index in [1.165, 1.54) is 11.8 Å². The minimum absolute atomic E-state index is 0.369. The number of aliphatic hydroxyl groups is 4. The van der Waals surface area contributed by atoms with Crippen LogP contribution in [0.3, 0.4) is 0 Å². The summed E-state index contributed by atoms with van der Waals surface area (Å²) < 4.78 is 5.22. The predicted octanol–water partition coefficient (Wildman–Crippen LogP) is -1.46. The van der Waals surface area contributed by atoms with Gasteiger partial charge < -0.3 is 25.2 Å². The van der Waals surface area contributed by atoms with Crippen LogP contribution in [0, 0.1) is 0 Å². The van der Waals surface area contributed by atoms with Gasteiger partial charge in [-0.15, -0.1) is 11.8 Å². The zero-order valence-electron chi connectivity index (χ0n) is 7.91. The molecule has 4 N–H and O–H groups in total. The van der Waals surface area contributed by atoms with Gasteiger partial charge in [0.2, 0.25) is 0 Å². The minimum atomic E-state index is -1.26. The Morgan fingerprint density at radius 3 is 2.29 bits per heavy atom. The second kappa shape index (κ2) is 5.29. The molecule has 0 aromatic rings. The summed E-state index contributed by atoms with van der Waals surface area (Å²) >= 11 is 1.33. The van der Waals surface area contributed by atoms with Crippen LogP contribution in [0.2, 0.25) is 0 Å². The van der Waals surface area contributed by atoms with Gasteiger partial charge in [-0.2, -0.15) is 0 Å². The average Bonchev–Trinajstić information content (AvgIpc) is 2.19. The number of hydrogen-bond donors (Lipinski definition) is 4. The minimum Gasteiger partial charge on any atom is -0.394 e. The lowest BCUT2D eigenvalue weighted by Crippen LogP contribution is -2.57. The molecule has 1 saturated heterocycles. The lowest BCUT2D eigenvalue weighted by Gasteiger charge is -2.39. The molecule has 1 heterocycles. The highest BCUT2D eigenvalue weighted by molar-refractivity contribution is 7.99. The highest BCUT2D eigenvalue weighted by Gasteiger charge is 2.43. The van der Waals surface area contributed by atoms with Crippen molar-refractivity contribution in [3.8, 4) is 0 Å². The van der Waals surface area contributed by atoms with Crippen molar-refractivity contribution in [1.82, 2.24) is 0 Å². The van der Waals surface area contributed by atoms with E-state index in [-0.39, 0.29) is 6.61 Å². The van der Waals surface area contributed by atoms with Crippen LogP contribution in [0.15, 0.2) is 0 Å². The number of rotatable bonds is 3. The number of thioether (sulfide) groups is 1. The van der Waals surface area contributed by atoms with Gasteiger partial charge in [0.05, 0.1) is 6.61 Å². The topological polar surface area (TPSA) is 90.2 Å². The Morgan fingerprint density at radius 2 is 1.79 bits per heavy atom. The summed E-state index contributed by atoms with van der Waals surface area (Å²) in [6.45, 7) is 1.53. The second-order valence-corrected chi connectivity index (χ2v) is 4.53. The molecule has 6 heteroatoms. The van der Waals surface area contributed by atoms with Crippen molar-refractivity contribution in [2.45, 2.75) is 36.8 Å². The third kappa shape index (κ3) is 2.39. The van der Waals surface area contributed by atoms with Gasteiger partial charge in [0.1, 0.15) is 29.9 Å². The number of hydrogen-bond acceptors (Lipinski definition) is 6. The van der Waals surface area contributed by atoms with Crippen molar-refractivity contribution in [3.05, 3.63) is 0 Å². The summed E-state index contributed by atoms with van der Waals surface area (Å²) in [6.07, 6.45) is -4.43. The molecule has 1 fully saturated rings. The molecule has 1 aliphatic heterocycles. The first kappa shape index (κ1) is 12.2. The molecule has 5 nitrogen and oxygen atoms in total. The monoisotopic (exact) mass is 224 g/mol. The van der Waals surface area contributed by atoms with Crippen molar-refractivity contribution in [3.63, 3.8) is 0 Å². The Labute approximate surface area is 86.7 Å². The highest BCUT2D eigenvalue weighted by Crippen LogP contribution is 2.27. The van der Waals surface area contributed by atoms with E-state index in [9.17, 15) is 15.3 Å². The molecule has 0 unspecified atom stereocenters. The molecule has 0 bridgehead atoms. The quantitative estimate of drug-likeness (QED) is 0.468. The van der Waals surface area contributed by atoms with Crippen molar-refractivity contribution in [1.29, 1.82) is 0 Å². The number of aliphatic hydroxyl groups excluding tert-OH is 4. The Balaban J connectivity index is 2.63. The van der Waals surface area contributed by atoms with Crippen molar-refractivity contribution in [2.24, 2.45) is 0 Å². The predicted molar refractivity (Wildman–Crippen MR) is 51.9 cm³/mol. The van der Waals surface area contributed by atoms with Gasteiger partial charge in [-0.3, -0.25) is 0 Å². The summed E-state index contributed by atoms with van der Waals surface area (Å²) in [6, 6.07) is 0. The van der Waals surface area contributed by atoms with E-state index in [0.29, 0.717) is 0 Å². The van der Waals surface area contributed by atoms with Crippen molar-refractivity contribution >= 4 is 11.8 Å². The molecular formula is C8H16O5S. The van der Waals surface area contributed by atoms with Crippen LogP contribution >= 0.6 is 11.8 Å². The van der Waals surface area contributed by atoms with E-state index >= 15 is 0 Å². The molecule has 1 aliphatic rings. The van der Waals surface area contributed by atoms with Crippen LogP contribution in [-0.4, -0.2) is 62.6 Å². The van der Waals surface area contributed by atoms with Gasteiger partial charge in [-0.1, -0.05) is 6.92 Å². The van der Waals surface area contributed by atoms with Gasteiger partial charge in [0.25, 0.3) is 0 Å². The first-order valence-corrected chi connectivity index (χ1v) is 5.58. The van der Waals surface area contributed by atoms with Gasteiger partial charge in [-0.25, -0.2) is 0 Å². The second-order valence-electron chi connectivity index (χ2n) is 3.15. The first-order valence-electron chi connectivity index (χ1n) is 4.54. The zero-order chi connectivity index (χ0) is 10.7. The summed E-state index contributed by atoms with van der Waals surface area (Å²) in [5, 5.41) is 37.2. The summed E-state index contributed by atoms with van der Waals surface area (Å²) in [5.41, 5.74) is -0.587. The molecule has 5 atom stereocenters. The Bertz CT molecular complexity index is 175. The highest BCUT2D eigenvalue weighted by atomic mass is 32.2. The summed E-state index contributed by atoms with van der Waals surface area (Å²) in [5.74, 6) is 0.725. The molecule has 0 aliphatic carbocycles. The zero-order valence-corrected chi connectivity index (χ0v) is 8.72. The summed E-state index contributed by atoms with van der Waals surface area (Å²) in [4.78, 5) is 0. The summed E-state index contributed by atoms with van der Waals surface area (Å²) in [7, 11) is 0. The molecule has 0 spiro atoms. The standard InChI is InChI=1S/C8H16O5S/c1-2-14-8-7(12)6(11)5(10)4(3-9)13-8/h4-12H,2-3H2,1H3/t4-,5+,6+,7+,8+/m1/s1. The normalized spacial score (nSPS) is 43.9. The van der Waals surface area contributed by atoms with Crippen LogP contribution in [0.25, 0.3) is 0 Å². The van der Waals surface area contributed by atoms with Crippen LogP contribution in [0.5, 0.6) is 0 Å². The third-order valence-electron chi connectivity index (χ3n) is 2.18. The molecular weight excluding hydrogens is 208 g/mol. The number of ether oxygens (including phenoxy) is 1. The van der Waals surface area contributed by atoms with Crippen molar-refractivity contribution in [2.75, 3.05) is 12.4 Å². The molecule has 84 valence electrons. The van der Waals surface area contributed by atoms with Crippen LogP contribution in [0.1, 0.15) is 6.92 Å². The van der Waals surface area contributed by atoms with E-state index in [0.717, 1.165) is 5.75 Å². The molecule has 0 saturated carbocycles. The van der Waals surface area contributed by atoms with Crippen LogP contribution in [-0.2, 0) is 4.74 Å². The molecule has 0 amide bonds. The van der Waals surface area contributed by atoms with E-state index in [2.05, 4.69) is 0 Å². The van der Waals surface area contributed by atoms with Crippen molar-refractivity contribution < 1.29 is 25.2 Å². The fourth-order valence-electron chi connectivity index (χ4n) is 1.37. The lowest BCUT2D eigenvalue weighted by atomic mass is 10.0. The largest absolute Gasteiger partial charge is 0.394 e. The molecule has 14 heavy (non-hydrogen) atoms. The maximum absolute atomic E-state index is 9.51. The lowest BCUT2D eigenvalue weighted by molar-refractivity contribution is -0.205. The average molecular weight is 224 g/mol. The Kier molecular flexibility index (Phi) is 4.62. The maximum Gasteiger partial charge on any atom is 0.132 e. The third-order valence-corrected chi connectivity index (χ3v) is 3.23. The first-order chi connectivity index (χ1) is 6.61. The Hall–Kier alpha value is 0.150. The van der Waals surface area contributed by atoms with Gasteiger partial charge in [-0.05, 0) is 5.75 Å². The fourth-order valence-corrected chi connectivity index (χ4v) is 2.28. The molecule has 0 aromatic carbocycles. The molecule has 1 rings (SSSR count). The van der Waals surface area contributed by atoms with E-state index in [1.54, 1.807) is 0 Å². The fraction of sp³-hybridized carbons (Fsp3) is 1.00.